The Morgan fingerprint density at radius 1 is 0.786 bits per heavy atom. The molecule has 3 rings (SSSR count). The van der Waals surface area contributed by atoms with E-state index in [-0.39, 0.29) is 45.9 Å². The highest BCUT2D eigenvalue weighted by molar-refractivity contribution is 6.25. The molecule has 2 saturated heterocycles. The van der Waals surface area contributed by atoms with Crippen molar-refractivity contribution in [2.75, 3.05) is 6.54 Å². The zero-order chi connectivity index (χ0) is 31.4. The summed E-state index contributed by atoms with van der Waals surface area (Å²) in [6.07, 6.45) is 15.7. The monoisotopic (exact) mass is 574 g/mol. The number of hydrogen-bond donors (Lipinski definition) is 0. The maximum atomic E-state index is 13.3. The predicted molar refractivity (Wildman–Crippen MR) is 169 cm³/mol. The molecule has 1 aliphatic carbocycles. The zero-order valence-electron chi connectivity index (χ0n) is 26.7. The van der Waals surface area contributed by atoms with Crippen LogP contribution in [0.4, 0.5) is 0 Å². The summed E-state index contributed by atoms with van der Waals surface area (Å²) in [4.78, 5) is 54.8. The van der Waals surface area contributed by atoms with Crippen molar-refractivity contribution >= 4 is 23.6 Å². The number of hydrogen-bond acceptors (Lipinski definition) is 4. The molecule has 3 fully saturated rings. The number of rotatable bonds is 12. The maximum Gasteiger partial charge on any atom is 0.262 e. The standard InChI is InChI=1S/C36H50N2O4/c1-10-35(8,11-2)22-27-17-19-28(20-18-27)23-37-31(39)26(7)30(33(37)41)21-24(5)15-14-16-29-25(6)32(40)38(34(29)42)36(9,12-3)13-4/h14-16,21,27-28H,5-7,10-13,17-20,22-23H2,1-4,8-9H3/b15-14+,29-16+,30-21+. The van der Waals surface area contributed by atoms with Crippen LogP contribution < -0.4 is 0 Å². The summed E-state index contributed by atoms with van der Waals surface area (Å²) < 4.78 is 0. The van der Waals surface area contributed by atoms with Gasteiger partial charge in [0.1, 0.15) is 0 Å². The summed E-state index contributed by atoms with van der Waals surface area (Å²) in [5, 5.41) is 0. The average Bonchev–Trinajstić information content (AvgIpc) is 3.32. The third-order valence-corrected chi connectivity index (χ3v) is 10.4. The van der Waals surface area contributed by atoms with Crippen LogP contribution in [0.25, 0.3) is 0 Å². The molecule has 0 atom stereocenters. The van der Waals surface area contributed by atoms with Gasteiger partial charge in [-0.15, -0.1) is 0 Å². The van der Waals surface area contributed by atoms with Crippen molar-refractivity contribution in [1.29, 1.82) is 0 Å². The molecule has 6 heteroatoms. The van der Waals surface area contributed by atoms with Crippen molar-refractivity contribution < 1.29 is 19.2 Å². The molecule has 0 N–H and O–H groups in total. The topological polar surface area (TPSA) is 74.8 Å². The van der Waals surface area contributed by atoms with E-state index in [2.05, 4.69) is 40.5 Å². The Balaban J connectivity index is 1.64. The first-order valence-corrected chi connectivity index (χ1v) is 15.7. The lowest BCUT2D eigenvalue weighted by molar-refractivity contribution is -0.143. The second kappa shape index (κ2) is 13.4. The van der Waals surface area contributed by atoms with Crippen molar-refractivity contribution in [3.63, 3.8) is 0 Å². The molecule has 0 bridgehead atoms. The summed E-state index contributed by atoms with van der Waals surface area (Å²) in [7, 11) is 0. The molecule has 6 nitrogen and oxygen atoms in total. The highest BCUT2D eigenvalue weighted by Crippen LogP contribution is 2.41. The van der Waals surface area contributed by atoms with Crippen molar-refractivity contribution in [2.45, 2.75) is 105 Å². The van der Waals surface area contributed by atoms with Crippen LogP contribution in [0.3, 0.4) is 0 Å². The van der Waals surface area contributed by atoms with Gasteiger partial charge in [0.2, 0.25) is 0 Å². The van der Waals surface area contributed by atoms with Gasteiger partial charge >= 0.3 is 0 Å². The Hall–Kier alpha value is -3.28. The van der Waals surface area contributed by atoms with E-state index in [1.807, 2.05) is 20.8 Å². The van der Waals surface area contributed by atoms with E-state index in [4.69, 9.17) is 0 Å². The Labute approximate surface area is 253 Å². The lowest BCUT2D eigenvalue weighted by Gasteiger charge is -2.36. The van der Waals surface area contributed by atoms with E-state index in [1.165, 1.54) is 29.1 Å². The first-order valence-electron chi connectivity index (χ1n) is 15.7. The molecular formula is C36H50N2O4. The SMILES string of the molecule is C=C(/C=C/C=C1\C(=C)C(=O)N(C(C)(CC)CC)C1=O)/C=C1\C(=C)C(=O)N(CC2CCC(CC(C)(CC)CC)CC2)C1=O. The number of imide groups is 2. The fraction of sp³-hybridized carbons (Fsp3) is 0.556. The van der Waals surface area contributed by atoms with Crippen LogP contribution in [0.2, 0.25) is 0 Å². The number of carbonyl (C=O) groups excluding carboxylic acids is 4. The number of carbonyl (C=O) groups is 4. The molecule has 1 saturated carbocycles. The van der Waals surface area contributed by atoms with Crippen molar-refractivity contribution in [2.24, 2.45) is 17.3 Å². The molecule has 4 amide bonds. The van der Waals surface area contributed by atoms with Gasteiger partial charge in [-0.1, -0.05) is 92.2 Å². The minimum atomic E-state index is -0.573. The minimum absolute atomic E-state index is 0.168. The normalized spacial score (nSPS) is 24.4. The summed E-state index contributed by atoms with van der Waals surface area (Å²) in [6.45, 7) is 24.9. The van der Waals surface area contributed by atoms with Crippen LogP contribution in [0.1, 0.15) is 99.3 Å². The molecule has 0 spiro atoms. The Morgan fingerprint density at radius 3 is 1.88 bits per heavy atom. The zero-order valence-corrected chi connectivity index (χ0v) is 26.7. The number of likely N-dealkylation sites (tertiary alicyclic amines) is 2. The van der Waals surface area contributed by atoms with Crippen LogP contribution in [-0.2, 0) is 19.2 Å². The third-order valence-electron chi connectivity index (χ3n) is 10.4. The Kier molecular flexibility index (Phi) is 10.6. The molecular weight excluding hydrogens is 524 g/mol. The van der Waals surface area contributed by atoms with Crippen LogP contribution in [0.5, 0.6) is 0 Å². The number of nitrogens with zero attached hydrogens (tertiary/aromatic N) is 2. The van der Waals surface area contributed by atoms with E-state index in [0.717, 1.165) is 25.7 Å². The second-order valence-corrected chi connectivity index (χ2v) is 13.0. The van der Waals surface area contributed by atoms with Crippen LogP contribution in [0.15, 0.2) is 71.9 Å². The fourth-order valence-corrected chi connectivity index (χ4v) is 6.39. The maximum absolute atomic E-state index is 13.3. The van der Waals surface area contributed by atoms with Gasteiger partial charge in [0.15, 0.2) is 0 Å². The van der Waals surface area contributed by atoms with E-state index in [0.29, 0.717) is 42.2 Å². The largest absolute Gasteiger partial charge is 0.274 e. The van der Waals surface area contributed by atoms with Crippen LogP contribution in [-0.4, -0.2) is 45.5 Å². The van der Waals surface area contributed by atoms with Gasteiger partial charge in [-0.05, 0) is 74.0 Å². The highest BCUT2D eigenvalue weighted by Gasteiger charge is 2.46. The van der Waals surface area contributed by atoms with E-state index in [9.17, 15) is 19.2 Å². The van der Waals surface area contributed by atoms with Gasteiger partial charge in [0, 0.05) is 23.2 Å². The smallest absolute Gasteiger partial charge is 0.262 e. The molecule has 0 unspecified atom stereocenters. The summed E-state index contributed by atoms with van der Waals surface area (Å²) >= 11 is 0. The lowest BCUT2D eigenvalue weighted by atomic mass is 9.71. The summed E-state index contributed by atoms with van der Waals surface area (Å²) in [5.74, 6) is -0.363. The minimum Gasteiger partial charge on any atom is -0.274 e. The number of allylic oxidation sites excluding steroid dienone is 5. The second-order valence-electron chi connectivity index (χ2n) is 13.0. The van der Waals surface area contributed by atoms with Crippen molar-refractivity contribution in [3.05, 3.63) is 71.9 Å². The first-order chi connectivity index (χ1) is 19.8. The molecule has 2 heterocycles. The quantitative estimate of drug-likeness (QED) is 0.138. The van der Waals surface area contributed by atoms with Crippen LogP contribution in [0, 0.1) is 17.3 Å². The molecule has 3 aliphatic rings. The lowest BCUT2D eigenvalue weighted by Crippen LogP contribution is -2.48. The first kappa shape index (κ1) is 33.2. The highest BCUT2D eigenvalue weighted by atomic mass is 16.2. The van der Waals surface area contributed by atoms with Crippen LogP contribution >= 0.6 is 0 Å². The van der Waals surface area contributed by atoms with Gasteiger partial charge in [0.25, 0.3) is 23.6 Å². The molecule has 0 aromatic carbocycles. The van der Waals surface area contributed by atoms with Crippen molar-refractivity contribution in [1.82, 2.24) is 9.80 Å². The molecule has 42 heavy (non-hydrogen) atoms. The van der Waals surface area contributed by atoms with E-state index >= 15 is 0 Å². The van der Waals surface area contributed by atoms with Crippen molar-refractivity contribution in [3.8, 4) is 0 Å². The van der Waals surface area contributed by atoms with Gasteiger partial charge < -0.3 is 0 Å². The number of amides is 4. The van der Waals surface area contributed by atoms with Gasteiger partial charge in [-0.2, -0.15) is 0 Å². The third kappa shape index (κ3) is 6.68. The van der Waals surface area contributed by atoms with Gasteiger partial charge in [0.05, 0.1) is 11.1 Å². The molecule has 2 aliphatic heterocycles. The molecule has 0 radical (unpaired) electrons. The Morgan fingerprint density at radius 2 is 1.33 bits per heavy atom. The average molecular weight is 575 g/mol. The molecule has 0 aromatic heterocycles. The van der Waals surface area contributed by atoms with Gasteiger partial charge in [-0.25, -0.2) is 0 Å². The summed E-state index contributed by atoms with van der Waals surface area (Å²) in [6, 6.07) is 0. The van der Waals surface area contributed by atoms with Gasteiger partial charge in [-0.3, -0.25) is 29.0 Å². The fourth-order valence-electron chi connectivity index (χ4n) is 6.39. The van der Waals surface area contributed by atoms with E-state index < -0.39 is 5.54 Å². The Bertz CT molecular complexity index is 1250. The van der Waals surface area contributed by atoms with E-state index in [1.54, 1.807) is 24.3 Å². The molecule has 228 valence electrons. The molecule has 0 aromatic rings. The summed E-state index contributed by atoms with van der Waals surface area (Å²) in [5.41, 5.74) is 1.15. The predicted octanol–water partition coefficient (Wildman–Crippen LogP) is 7.40.